The van der Waals surface area contributed by atoms with Crippen LogP contribution in [-0.2, 0) is 10.8 Å². The average molecular weight is 722 g/mol. The lowest BCUT2D eigenvalue weighted by Gasteiger charge is -2.39. The van der Waals surface area contributed by atoms with Crippen LogP contribution in [0.5, 0.6) is 11.5 Å². The fourth-order valence-corrected chi connectivity index (χ4v) is 11.5. The van der Waals surface area contributed by atoms with Crippen LogP contribution < -0.4 is 9.64 Å². The van der Waals surface area contributed by atoms with E-state index in [0.717, 1.165) is 17.2 Å². The second-order valence-corrected chi connectivity index (χ2v) is 16.7. The number of fused-ring (bicyclic) bond motifs is 15. The number of para-hydroxylation sites is 3. The van der Waals surface area contributed by atoms with Gasteiger partial charge >= 0.3 is 0 Å². The molecule has 1 aliphatic heterocycles. The van der Waals surface area contributed by atoms with Gasteiger partial charge in [0.25, 0.3) is 0 Å². The van der Waals surface area contributed by atoms with Gasteiger partial charge in [-0.3, -0.25) is 0 Å². The summed E-state index contributed by atoms with van der Waals surface area (Å²) < 4.78 is 9.19. The molecular weight excluding hydrogens is 687 g/mol. The Kier molecular flexibility index (Phi) is 6.23. The van der Waals surface area contributed by atoms with Gasteiger partial charge in [0.2, 0.25) is 0 Å². The van der Waals surface area contributed by atoms with E-state index in [1.807, 2.05) is 11.3 Å². The molecule has 12 rings (SSSR count). The number of nitrogens with zero attached hydrogens (tertiary/aromatic N) is 1. The molecule has 0 saturated carbocycles. The van der Waals surface area contributed by atoms with Crippen molar-refractivity contribution in [3.05, 3.63) is 209 Å². The molecule has 260 valence electrons. The van der Waals surface area contributed by atoms with Crippen LogP contribution in [0.4, 0.5) is 17.1 Å². The zero-order valence-electron chi connectivity index (χ0n) is 30.5. The van der Waals surface area contributed by atoms with E-state index < -0.39 is 5.41 Å². The van der Waals surface area contributed by atoms with E-state index in [4.69, 9.17) is 4.74 Å². The summed E-state index contributed by atoms with van der Waals surface area (Å²) in [5.74, 6) is 1.84. The van der Waals surface area contributed by atoms with Gasteiger partial charge in [0.1, 0.15) is 11.5 Å². The predicted molar refractivity (Wildman–Crippen MR) is 229 cm³/mol. The van der Waals surface area contributed by atoms with Gasteiger partial charge < -0.3 is 9.64 Å². The lowest BCUT2D eigenvalue weighted by molar-refractivity contribution is 0.436. The van der Waals surface area contributed by atoms with Crippen LogP contribution in [0.15, 0.2) is 176 Å². The van der Waals surface area contributed by atoms with Crippen LogP contribution in [0.2, 0.25) is 0 Å². The van der Waals surface area contributed by atoms with Gasteiger partial charge in [0.15, 0.2) is 0 Å². The molecule has 1 spiro atoms. The highest BCUT2D eigenvalue weighted by Gasteiger charge is 2.51. The van der Waals surface area contributed by atoms with Crippen LogP contribution in [-0.4, -0.2) is 0 Å². The Labute approximate surface area is 324 Å². The first-order valence-corrected chi connectivity index (χ1v) is 19.9. The minimum absolute atomic E-state index is 0.171. The Morgan fingerprint density at radius 3 is 1.78 bits per heavy atom. The summed E-state index contributed by atoms with van der Waals surface area (Å²) in [4.78, 5) is 2.52. The van der Waals surface area contributed by atoms with E-state index in [1.165, 1.54) is 87.2 Å². The first kappa shape index (κ1) is 31.0. The highest BCUT2D eigenvalue weighted by atomic mass is 32.1. The summed E-state index contributed by atoms with van der Waals surface area (Å²) in [6, 6.07) is 64.9. The molecule has 2 aliphatic carbocycles. The molecule has 0 N–H and O–H groups in total. The largest absolute Gasteiger partial charge is 0.457 e. The Bertz CT molecular complexity index is 3020. The zero-order valence-corrected chi connectivity index (χ0v) is 31.3. The van der Waals surface area contributed by atoms with Crippen LogP contribution >= 0.6 is 11.3 Å². The van der Waals surface area contributed by atoms with Crippen molar-refractivity contribution in [2.75, 3.05) is 4.90 Å². The van der Waals surface area contributed by atoms with Crippen LogP contribution in [0, 0.1) is 0 Å². The maximum atomic E-state index is 6.62. The number of anilines is 3. The number of ether oxygens (including phenoxy) is 1. The molecule has 2 nitrogen and oxygen atoms in total. The Morgan fingerprint density at radius 2 is 1.04 bits per heavy atom. The third-order valence-corrected chi connectivity index (χ3v) is 13.6. The molecular formula is C52H35NOS. The number of hydrogen-bond acceptors (Lipinski definition) is 3. The second-order valence-electron chi connectivity index (χ2n) is 15.6. The molecule has 0 fully saturated rings. The van der Waals surface area contributed by atoms with E-state index in [1.54, 1.807) is 0 Å². The second kappa shape index (κ2) is 11.1. The van der Waals surface area contributed by atoms with Crippen LogP contribution in [0.25, 0.3) is 42.4 Å². The third kappa shape index (κ3) is 3.98. The van der Waals surface area contributed by atoms with Gasteiger partial charge in [-0.05, 0) is 99.1 Å². The van der Waals surface area contributed by atoms with Gasteiger partial charge in [-0.15, -0.1) is 11.3 Å². The van der Waals surface area contributed by atoms with Crippen molar-refractivity contribution in [1.29, 1.82) is 0 Å². The molecule has 0 unspecified atom stereocenters. The van der Waals surface area contributed by atoms with Gasteiger partial charge in [-0.2, -0.15) is 0 Å². The molecule has 0 radical (unpaired) electrons. The molecule has 1 aromatic heterocycles. The van der Waals surface area contributed by atoms with Gasteiger partial charge in [-0.1, -0.05) is 135 Å². The summed E-state index contributed by atoms with van der Waals surface area (Å²) in [6.07, 6.45) is 0. The molecule has 0 bridgehead atoms. The number of thiophene rings is 1. The lowest BCUT2D eigenvalue weighted by atomic mass is 9.66. The van der Waals surface area contributed by atoms with E-state index >= 15 is 0 Å². The van der Waals surface area contributed by atoms with Crippen molar-refractivity contribution in [2.24, 2.45) is 0 Å². The lowest BCUT2D eigenvalue weighted by Crippen LogP contribution is -2.32. The number of benzene rings is 8. The fourth-order valence-electron chi connectivity index (χ4n) is 10.3. The molecule has 0 amide bonds. The molecule has 8 aromatic carbocycles. The first-order valence-electron chi connectivity index (χ1n) is 19.1. The average Bonchev–Trinajstić information content (AvgIpc) is 3.82. The third-order valence-electron chi connectivity index (χ3n) is 12.5. The monoisotopic (exact) mass is 721 g/mol. The van der Waals surface area contributed by atoms with Crippen LogP contribution in [0.1, 0.15) is 47.2 Å². The minimum atomic E-state index is -0.494. The van der Waals surface area contributed by atoms with E-state index in [-0.39, 0.29) is 5.41 Å². The maximum absolute atomic E-state index is 6.62. The molecule has 3 aliphatic rings. The number of rotatable bonds is 3. The van der Waals surface area contributed by atoms with Crippen molar-refractivity contribution in [1.82, 2.24) is 0 Å². The summed E-state index contributed by atoms with van der Waals surface area (Å²) >= 11 is 1.90. The summed E-state index contributed by atoms with van der Waals surface area (Å²) in [5.41, 5.74) is 15.9. The van der Waals surface area contributed by atoms with Crippen LogP contribution in [0.3, 0.4) is 0 Å². The normalized spacial score (nSPS) is 14.8. The van der Waals surface area contributed by atoms with E-state index in [0.29, 0.717) is 0 Å². The molecule has 0 saturated heterocycles. The van der Waals surface area contributed by atoms with Crippen molar-refractivity contribution < 1.29 is 4.74 Å². The summed E-state index contributed by atoms with van der Waals surface area (Å²) in [5, 5.41) is 2.57. The standard InChI is InChI=1S/C52H35NOS/c1-51(2)38-21-8-6-18-33(38)35-20-14-26-44(50(35)51)53(32-16-4-3-5-17-32)43-25-15-29-47-49(43)37-30-36-34-19-7-9-22-39(34)52(42(36)31-48(37)55-47)40-23-10-12-27-45(40)54-46-28-13-11-24-41(46)52/h3-31H,1-2H3. The van der Waals surface area contributed by atoms with E-state index in [9.17, 15) is 0 Å². The Hall–Kier alpha value is -6.42. The molecule has 0 atom stereocenters. The first-order chi connectivity index (χ1) is 27.0. The summed E-state index contributed by atoms with van der Waals surface area (Å²) in [7, 11) is 0. The van der Waals surface area contributed by atoms with Gasteiger partial charge in [0.05, 0.1) is 16.8 Å². The molecule has 55 heavy (non-hydrogen) atoms. The highest BCUT2D eigenvalue weighted by molar-refractivity contribution is 7.26. The molecule has 9 aromatic rings. The quantitative estimate of drug-likeness (QED) is 0.180. The Morgan fingerprint density at radius 1 is 0.455 bits per heavy atom. The van der Waals surface area contributed by atoms with Crippen molar-refractivity contribution >= 4 is 48.6 Å². The number of hydrogen-bond donors (Lipinski definition) is 0. The highest BCUT2D eigenvalue weighted by Crippen LogP contribution is 2.63. The topological polar surface area (TPSA) is 12.5 Å². The molecule has 3 heteroatoms. The minimum Gasteiger partial charge on any atom is -0.457 e. The zero-order chi connectivity index (χ0) is 36.5. The Balaban J connectivity index is 1.16. The van der Waals surface area contributed by atoms with Crippen molar-refractivity contribution in [3.8, 4) is 33.8 Å². The fraction of sp³-hybridized carbons (Fsp3) is 0.0769. The smallest absolute Gasteiger partial charge is 0.132 e. The van der Waals surface area contributed by atoms with Gasteiger partial charge in [-0.25, -0.2) is 0 Å². The SMILES string of the molecule is CC1(C)c2ccccc2-c2cccc(N(c3ccccc3)c3cccc4sc5cc6c(cc5c34)-c3ccccc3C63c4ccccc4Oc4ccccc43)c21. The van der Waals surface area contributed by atoms with Gasteiger partial charge in [0, 0.05) is 42.4 Å². The predicted octanol–water partition coefficient (Wildman–Crippen LogP) is 14.3. The van der Waals surface area contributed by atoms with E-state index in [2.05, 4.69) is 195 Å². The van der Waals surface area contributed by atoms with Crippen molar-refractivity contribution in [2.45, 2.75) is 24.7 Å². The summed E-state index contributed by atoms with van der Waals surface area (Å²) in [6.45, 7) is 4.77. The molecule has 2 heterocycles. The maximum Gasteiger partial charge on any atom is 0.132 e. The van der Waals surface area contributed by atoms with Crippen molar-refractivity contribution in [3.63, 3.8) is 0 Å².